The van der Waals surface area contributed by atoms with Crippen LogP contribution in [0.5, 0.6) is 0 Å². The molecule has 8 heteroatoms. The number of imidazole rings is 1. The monoisotopic (exact) mass is 411 g/mol. The van der Waals surface area contributed by atoms with Gasteiger partial charge in [-0.2, -0.15) is 0 Å². The fourth-order valence-electron chi connectivity index (χ4n) is 3.38. The highest BCUT2D eigenvalue weighted by Gasteiger charge is 2.18. The van der Waals surface area contributed by atoms with E-state index in [1.54, 1.807) is 27.4 Å². The van der Waals surface area contributed by atoms with Gasteiger partial charge < -0.3 is 10.6 Å². The lowest BCUT2D eigenvalue weighted by Gasteiger charge is -2.18. The molecule has 0 aliphatic carbocycles. The number of carbonyl (C=O) groups excluding carboxylic acids is 2. The molecule has 0 radical (unpaired) electrons. The third kappa shape index (κ3) is 4.42. The molecule has 0 bridgehead atoms. The van der Waals surface area contributed by atoms with E-state index >= 15 is 0 Å². The van der Waals surface area contributed by atoms with Crippen LogP contribution < -0.4 is 5.73 Å². The fraction of sp³-hybridized carbons (Fsp3) is 0.333. The minimum atomic E-state index is -0.603. The molecule has 0 atom stereocenters. The Balaban J connectivity index is 1.70. The Hall–Kier alpha value is -2.87. The van der Waals surface area contributed by atoms with Gasteiger partial charge in [0.25, 0.3) is 5.91 Å². The number of thioether (sulfide) groups is 1. The molecule has 1 aromatic carbocycles. The first-order valence-corrected chi connectivity index (χ1v) is 10.5. The van der Waals surface area contributed by atoms with Crippen LogP contribution in [0.4, 0.5) is 0 Å². The van der Waals surface area contributed by atoms with Crippen LogP contribution in [-0.4, -0.2) is 44.4 Å². The van der Waals surface area contributed by atoms with Crippen molar-refractivity contribution in [3.8, 4) is 0 Å². The van der Waals surface area contributed by atoms with Gasteiger partial charge in [0.15, 0.2) is 11.3 Å². The highest BCUT2D eigenvalue weighted by molar-refractivity contribution is 7.98. The zero-order chi connectivity index (χ0) is 21.1. The Kier molecular flexibility index (Phi) is 6.22. The Morgan fingerprint density at radius 2 is 1.90 bits per heavy atom. The summed E-state index contributed by atoms with van der Waals surface area (Å²) in [7, 11) is 1.82. The summed E-state index contributed by atoms with van der Waals surface area (Å²) in [5, 5.41) is 0. The minimum Gasteiger partial charge on any atom is -0.364 e. The quantitative estimate of drug-likeness (QED) is 0.604. The molecule has 2 amide bonds. The van der Waals surface area contributed by atoms with Gasteiger partial charge in [-0.1, -0.05) is 12.1 Å². The van der Waals surface area contributed by atoms with Crippen LogP contribution in [-0.2, 0) is 17.8 Å². The first-order chi connectivity index (χ1) is 13.8. The molecule has 0 aliphatic heterocycles. The number of carbonyl (C=O) groups is 2. The first-order valence-electron chi connectivity index (χ1n) is 9.31. The number of nitrogens with zero attached hydrogens (tertiary/aromatic N) is 4. The maximum Gasteiger partial charge on any atom is 0.271 e. The largest absolute Gasteiger partial charge is 0.364 e. The summed E-state index contributed by atoms with van der Waals surface area (Å²) >= 11 is 1.70. The van der Waals surface area contributed by atoms with Gasteiger partial charge in [0.05, 0.1) is 0 Å². The molecule has 0 fully saturated rings. The van der Waals surface area contributed by atoms with Gasteiger partial charge in [-0.05, 0) is 49.8 Å². The van der Waals surface area contributed by atoms with E-state index < -0.39 is 5.91 Å². The van der Waals surface area contributed by atoms with Crippen molar-refractivity contribution in [3.05, 3.63) is 58.8 Å². The van der Waals surface area contributed by atoms with E-state index in [1.807, 2.05) is 27.2 Å². The van der Waals surface area contributed by atoms with Crippen LogP contribution in [0.1, 0.15) is 39.4 Å². The van der Waals surface area contributed by atoms with E-state index in [9.17, 15) is 9.59 Å². The molecular formula is C21H25N5O2S. The van der Waals surface area contributed by atoms with Crippen LogP contribution in [0.15, 0.2) is 35.5 Å². The second-order valence-corrected chi connectivity index (χ2v) is 7.89. The number of amides is 2. The average Bonchev–Trinajstić information content (AvgIpc) is 3.12. The molecule has 29 heavy (non-hydrogen) atoms. The van der Waals surface area contributed by atoms with Gasteiger partial charge in [-0.3, -0.25) is 14.0 Å². The standard InChI is InChI=1S/C21H25N5O2S/c1-13-17(14(2)26-12-23-19(20(22)28)21(26)24-13)9-10-18(27)25(3)11-15-5-7-16(29-4)8-6-15/h5-8,12H,9-11H2,1-4H3,(H2,22,28). The molecular weight excluding hydrogens is 386 g/mol. The number of nitrogens with two attached hydrogens (primary N) is 1. The van der Waals surface area contributed by atoms with Crippen molar-refractivity contribution >= 4 is 29.2 Å². The summed E-state index contributed by atoms with van der Waals surface area (Å²) in [6.07, 6.45) is 4.54. The molecule has 0 spiro atoms. The van der Waals surface area contributed by atoms with Crippen LogP contribution >= 0.6 is 11.8 Å². The normalized spacial score (nSPS) is 11.0. The number of benzene rings is 1. The Morgan fingerprint density at radius 3 is 2.52 bits per heavy atom. The molecule has 2 N–H and O–H groups in total. The lowest BCUT2D eigenvalue weighted by Crippen LogP contribution is -2.26. The smallest absolute Gasteiger partial charge is 0.271 e. The van der Waals surface area contributed by atoms with Crippen LogP contribution in [0.2, 0.25) is 0 Å². The van der Waals surface area contributed by atoms with Crippen LogP contribution in [0.25, 0.3) is 5.65 Å². The summed E-state index contributed by atoms with van der Waals surface area (Å²) in [4.78, 5) is 35.7. The maximum absolute atomic E-state index is 12.6. The van der Waals surface area contributed by atoms with Gasteiger partial charge in [-0.25, -0.2) is 9.97 Å². The predicted molar refractivity (Wildman–Crippen MR) is 114 cm³/mol. The summed E-state index contributed by atoms with van der Waals surface area (Å²) in [5.41, 5.74) is 9.76. The molecule has 0 aliphatic rings. The Labute approximate surface area is 174 Å². The van der Waals surface area contributed by atoms with Crippen molar-refractivity contribution < 1.29 is 9.59 Å². The van der Waals surface area contributed by atoms with Crippen molar-refractivity contribution in [3.63, 3.8) is 0 Å². The Bertz CT molecular complexity index is 1060. The van der Waals surface area contributed by atoms with E-state index in [4.69, 9.17) is 5.73 Å². The molecule has 7 nitrogen and oxygen atoms in total. The molecule has 2 aromatic heterocycles. The SMILES string of the molecule is CSc1ccc(CN(C)C(=O)CCc2c(C)nc3c(C(N)=O)ncn3c2C)cc1. The molecule has 0 unspecified atom stereocenters. The third-order valence-electron chi connectivity index (χ3n) is 5.08. The third-order valence-corrected chi connectivity index (χ3v) is 5.82. The fourth-order valence-corrected chi connectivity index (χ4v) is 3.79. The Morgan fingerprint density at radius 1 is 1.21 bits per heavy atom. The van der Waals surface area contributed by atoms with Gasteiger partial charge in [0.1, 0.15) is 6.33 Å². The second kappa shape index (κ2) is 8.65. The summed E-state index contributed by atoms with van der Waals surface area (Å²) in [6.45, 7) is 4.39. The highest BCUT2D eigenvalue weighted by atomic mass is 32.2. The molecule has 0 saturated heterocycles. The van der Waals surface area contributed by atoms with Crippen molar-refractivity contribution in [2.24, 2.45) is 5.73 Å². The number of primary amides is 1. The summed E-state index contributed by atoms with van der Waals surface area (Å²) in [5.74, 6) is -0.532. The van der Waals surface area contributed by atoms with Gasteiger partial charge in [-0.15, -0.1) is 11.8 Å². The number of hydrogen-bond donors (Lipinski definition) is 1. The number of aryl methyl sites for hydroxylation is 2. The predicted octanol–water partition coefficient (Wildman–Crippen LogP) is 2.76. The van der Waals surface area contributed by atoms with Crippen molar-refractivity contribution in [2.45, 2.75) is 38.1 Å². The number of fused-ring (bicyclic) bond motifs is 1. The molecule has 152 valence electrons. The van der Waals surface area contributed by atoms with E-state index in [0.29, 0.717) is 25.0 Å². The maximum atomic E-state index is 12.6. The number of aromatic nitrogens is 3. The van der Waals surface area contributed by atoms with Gasteiger partial charge in [0, 0.05) is 36.3 Å². The molecule has 0 saturated carbocycles. The zero-order valence-corrected chi connectivity index (χ0v) is 17.9. The highest BCUT2D eigenvalue weighted by Crippen LogP contribution is 2.19. The number of rotatable bonds is 7. The van der Waals surface area contributed by atoms with Crippen LogP contribution in [0.3, 0.4) is 0 Å². The number of hydrogen-bond acceptors (Lipinski definition) is 5. The van der Waals surface area contributed by atoms with E-state index in [-0.39, 0.29) is 11.6 Å². The zero-order valence-electron chi connectivity index (χ0n) is 17.1. The summed E-state index contributed by atoms with van der Waals surface area (Å²) in [6, 6.07) is 8.24. The van der Waals surface area contributed by atoms with E-state index in [2.05, 4.69) is 34.2 Å². The first kappa shape index (κ1) is 20.9. The van der Waals surface area contributed by atoms with E-state index in [0.717, 1.165) is 22.5 Å². The van der Waals surface area contributed by atoms with Gasteiger partial charge in [0.2, 0.25) is 5.91 Å². The lowest BCUT2D eigenvalue weighted by molar-refractivity contribution is -0.130. The van der Waals surface area contributed by atoms with Crippen LogP contribution in [0, 0.1) is 13.8 Å². The minimum absolute atomic E-state index is 0.0706. The lowest BCUT2D eigenvalue weighted by atomic mass is 10.1. The second-order valence-electron chi connectivity index (χ2n) is 7.01. The van der Waals surface area contributed by atoms with Gasteiger partial charge >= 0.3 is 0 Å². The van der Waals surface area contributed by atoms with Crippen molar-refractivity contribution in [2.75, 3.05) is 13.3 Å². The molecule has 2 heterocycles. The van der Waals surface area contributed by atoms with E-state index in [1.165, 1.54) is 4.90 Å². The van der Waals surface area contributed by atoms with Crippen molar-refractivity contribution in [1.82, 2.24) is 19.3 Å². The molecule has 3 rings (SSSR count). The van der Waals surface area contributed by atoms with Crippen molar-refractivity contribution in [1.29, 1.82) is 0 Å². The molecule has 3 aromatic rings. The average molecular weight is 412 g/mol. The summed E-state index contributed by atoms with van der Waals surface area (Å²) < 4.78 is 1.75. The topological polar surface area (TPSA) is 93.6 Å².